The van der Waals surface area contributed by atoms with Crippen LogP contribution in [0.4, 0.5) is 5.69 Å². The molecule has 0 saturated carbocycles. The summed E-state index contributed by atoms with van der Waals surface area (Å²) < 4.78 is 5.48. The summed E-state index contributed by atoms with van der Waals surface area (Å²) in [6.07, 6.45) is 1.38. The Bertz CT molecular complexity index is 778. The van der Waals surface area contributed by atoms with Crippen LogP contribution in [0.15, 0.2) is 36.5 Å². The Morgan fingerprint density at radius 1 is 1.15 bits per heavy atom. The van der Waals surface area contributed by atoms with Crippen molar-refractivity contribution in [3.05, 3.63) is 52.3 Å². The Balaban J connectivity index is 1.99. The van der Waals surface area contributed by atoms with Gasteiger partial charge in [0.15, 0.2) is 6.61 Å². The maximum absolute atomic E-state index is 12.2. The van der Waals surface area contributed by atoms with E-state index < -0.39 is 0 Å². The smallest absolute Gasteiger partial charge is 0.260 e. The third-order valence-electron chi connectivity index (χ3n) is 3.65. The summed E-state index contributed by atoms with van der Waals surface area (Å²) in [4.78, 5) is 29.7. The van der Waals surface area contributed by atoms with E-state index >= 15 is 0 Å². The average molecular weight is 396 g/mol. The molecule has 138 valence electrons. The van der Waals surface area contributed by atoms with E-state index in [2.05, 4.69) is 10.3 Å². The van der Waals surface area contributed by atoms with E-state index in [0.717, 1.165) is 0 Å². The molecule has 0 aliphatic heterocycles. The van der Waals surface area contributed by atoms with Gasteiger partial charge in [0.2, 0.25) is 0 Å². The number of amides is 2. The molecule has 0 fully saturated rings. The minimum Gasteiger partial charge on any atom is -0.482 e. The molecule has 0 bridgehead atoms. The number of benzene rings is 1. The fourth-order valence-corrected chi connectivity index (χ4v) is 2.56. The highest BCUT2D eigenvalue weighted by Crippen LogP contribution is 2.28. The molecule has 0 aliphatic rings. The molecule has 0 aliphatic carbocycles. The maximum atomic E-state index is 12.2. The lowest BCUT2D eigenvalue weighted by molar-refractivity contribution is -0.132. The predicted octanol–water partition coefficient (Wildman–Crippen LogP) is 3.89. The quantitative estimate of drug-likeness (QED) is 0.721. The molecule has 1 heterocycles. The van der Waals surface area contributed by atoms with Crippen LogP contribution in [0.25, 0.3) is 0 Å². The van der Waals surface area contributed by atoms with E-state index in [-0.39, 0.29) is 18.4 Å². The van der Waals surface area contributed by atoms with Crippen LogP contribution in [0.1, 0.15) is 24.2 Å². The van der Waals surface area contributed by atoms with Crippen LogP contribution < -0.4 is 10.1 Å². The Hall–Kier alpha value is -2.31. The lowest BCUT2D eigenvalue weighted by Gasteiger charge is -2.19. The van der Waals surface area contributed by atoms with Crippen molar-refractivity contribution in [2.75, 3.05) is 25.0 Å². The van der Waals surface area contributed by atoms with E-state index in [4.69, 9.17) is 27.9 Å². The van der Waals surface area contributed by atoms with E-state index in [1.807, 2.05) is 13.8 Å². The minimum absolute atomic E-state index is 0.0937. The zero-order valence-electron chi connectivity index (χ0n) is 14.5. The molecule has 26 heavy (non-hydrogen) atoms. The second-order valence-corrected chi connectivity index (χ2v) is 6.12. The number of rotatable bonds is 7. The fourth-order valence-electron chi connectivity index (χ4n) is 2.22. The summed E-state index contributed by atoms with van der Waals surface area (Å²) in [6.45, 7) is 4.96. The molecule has 1 aromatic heterocycles. The van der Waals surface area contributed by atoms with Crippen LogP contribution in [0, 0.1) is 0 Å². The number of likely N-dealkylation sites (N-methyl/N-ethyl adjacent to an activating group) is 1. The van der Waals surface area contributed by atoms with Crippen molar-refractivity contribution in [1.82, 2.24) is 9.88 Å². The lowest BCUT2D eigenvalue weighted by atomic mass is 10.2. The number of nitrogens with zero attached hydrogens (tertiary/aromatic N) is 2. The first-order valence-electron chi connectivity index (χ1n) is 8.07. The molecule has 0 unspecified atom stereocenters. The Labute approximate surface area is 162 Å². The van der Waals surface area contributed by atoms with Crippen molar-refractivity contribution in [2.24, 2.45) is 0 Å². The molecule has 2 aromatic rings. The van der Waals surface area contributed by atoms with E-state index in [1.54, 1.807) is 29.2 Å². The van der Waals surface area contributed by atoms with Crippen LogP contribution in [0.5, 0.6) is 5.75 Å². The van der Waals surface area contributed by atoms with Gasteiger partial charge in [-0.25, -0.2) is 4.98 Å². The largest absolute Gasteiger partial charge is 0.482 e. The number of hydrogen-bond acceptors (Lipinski definition) is 4. The highest BCUT2D eigenvalue weighted by atomic mass is 35.5. The van der Waals surface area contributed by atoms with Crippen LogP contribution >= 0.6 is 23.2 Å². The summed E-state index contributed by atoms with van der Waals surface area (Å²) in [5, 5.41) is 3.32. The van der Waals surface area contributed by atoms with Gasteiger partial charge in [-0.3, -0.25) is 9.59 Å². The summed E-state index contributed by atoms with van der Waals surface area (Å²) in [7, 11) is 0. The molecule has 0 spiro atoms. The van der Waals surface area contributed by atoms with Crippen molar-refractivity contribution < 1.29 is 14.3 Å². The van der Waals surface area contributed by atoms with Crippen molar-refractivity contribution in [3.8, 4) is 5.75 Å². The summed E-state index contributed by atoms with van der Waals surface area (Å²) >= 11 is 11.9. The molecule has 0 saturated heterocycles. The fraction of sp³-hybridized carbons (Fsp3) is 0.278. The van der Waals surface area contributed by atoms with Gasteiger partial charge in [-0.05, 0) is 44.2 Å². The highest BCUT2D eigenvalue weighted by Gasteiger charge is 2.13. The van der Waals surface area contributed by atoms with Gasteiger partial charge in [-0.2, -0.15) is 0 Å². The molecular formula is C18H19Cl2N3O3. The van der Waals surface area contributed by atoms with Gasteiger partial charge in [0.05, 0.1) is 10.6 Å². The first-order chi connectivity index (χ1) is 12.4. The second-order valence-electron chi connectivity index (χ2n) is 5.32. The molecule has 6 nitrogen and oxygen atoms in total. The van der Waals surface area contributed by atoms with Crippen LogP contribution in [-0.4, -0.2) is 41.4 Å². The molecule has 0 atom stereocenters. The molecule has 0 radical (unpaired) electrons. The van der Waals surface area contributed by atoms with Gasteiger partial charge >= 0.3 is 0 Å². The summed E-state index contributed by atoms with van der Waals surface area (Å²) in [5.74, 6) is -0.0763. The molecule has 1 N–H and O–H groups in total. The summed E-state index contributed by atoms with van der Waals surface area (Å²) in [5.41, 5.74) is 0.869. The standard InChI is InChI=1S/C18H19Cl2N3O3/c1-3-23(4-2)17(24)11-26-15-7-6-13(9-14(15)19)22-18(25)12-5-8-16(20)21-10-12/h5-10H,3-4,11H2,1-2H3,(H,22,25). The van der Waals surface area contributed by atoms with Gasteiger partial charge < -0.3 is 15.0 Å². The van der Waals surface area contributed by atoms with E-state index in [0.29, 0.717) is 40.3 Å². The van der Waals surface area contributed by atoms with Crippen LogP contribution in [0.2, 0.25) is 10.2 Å². The van der Waals surface area contributed by atoms with E-state index in [1.165, 1.54) is 12.3 Å². The van der Waals surface area contributed by atoms with Gasteiger partial charge in [0.25, 0.3) is 11.8 Å². The Kier molecular flexibility index (Phi) is 7.24. The van der Waals surface area contributed by atoms with Gasteiger partial charge in [-0.1, -0.05) is 23.2 Å². The van der Waals surface area contributed by atoms with Gasteiger partial charge in [0, 0.05) is 25.0 Å². The number of anilines is 1. The normalized spacial score (nSPS) is 10.3. The number of ether oxygens (including phenoxy) is 1. The van der Waals surface area contributed by atoms with Crippen molar-refractivity contribution >= 4 is 40.7 Å². The van der Waals surface area contributed by atoms with Crippen LogP contribution in [-0.2, 0) is 4.79 Å². The van der Waals surface area contributed by atoms with Crippen molar-refractivity contribution in [1.29, 1.82) is 0 Å². The lowest BCUT2D eigenvalue weighted by Crippen LogP contribution is -2.34. The Morgan fingerprint density at radius 2 is 1.88 bits per heavy atom. The number of carbonyl (C=O) groups is 2. The SMILES string of the molecule is CCN(CC)C(=O)COc1ccc(NC(=O)c2ccc(Cl)nc2)cc1Cl. The zero-order chi connectivity index (χ0) is 19.1. The van der Waals surface area contributed by atoms with Gasteiger partial charge in [0.1, 0.15) is 10.9 Å². The predicted molar refractivity (Wildman–Crippen MR) is 102 cm³/mol. The monoisotopic (exact) mass is 395 g/mol. The third kappa shape index (κ3) is 5.34. The number of carbonyl (C=O) groups excluding carboxylic acids is 2. The van der Waals surface area contributed by atoms with Crippen molar-refractivity contribution in [2.45, 2.75) is 13.8 Å². The maximum Gasteiger partial charge on any atom is 0.260 e. The average Bonchev–Trinajstić information content (AvgIpc) is 2.62. The van der Waals surface area contributed by atoms with Crippen molar-refractivity contribution in [3.63, 3.8) is 0 Å². The second kappa shape index (κ2) is 9.40. The zero-order valence-corrected chi connectivity index (χ0v) is 16.0. The van der Waals surface area contributed by atoms with Crippen LogP contribution in [0.3, 0.4) is 0 Å². The topological polar surface area (TPSA) is 71.5 Å². The summed E-state index contributed by atoms with van der Waals surface area (Å²) in [6, 6.07) is 7.91. The number of halogens is 2. The minimum atomic E-state index is -0.337. The first kappa shape index (κ1) is 20.0. The number of pyridine rings is 1. The highest BCUT2D eigenvalue weighted by molar-refractivity contribution is 6.32. The number of hydrogen-bond donors (Lipinski definition) is 1. The van der Waals surface area contributed by atoms with E-state index in [9.17, 15) is 9.59 Å². The number of nitrogens with one attached hydrogen (secondary N) is 1. The molecule has 2 amide bonds. The number of aromatic nitrogens is 1. The third-order valence-corrected chi connectivity index (χ3v) is 4.17. The molecular weight excluding hydrogens is 377 g/mol. The molecule has 2 rings (SSSR count). The molecule has 8 heteroatoms. The molecule has 1 aromatic carbocycles. The Morgan fingerprint density at radius 3 is 2.46 bits per heavy atom. The van der Waals surface area contributed by atoms with Gasteiger partial charge in [-0.15, -0.1) is 0 Å². The first-order valence-corrected chi connectivity index (χ1v) is 8.83.